The van der Waals surface area contributed by atoms with E-state index in [1.165, 1.54) is 6.92 Å². The Labute approximate surface area is 116 Å². The molecule has 5 nitrogen and oxygen atoms in total. The summed E-state index contributed by atoms with van der Waals surface area (Å²) in [6, 6.07) is 1.76. The van der Waals surface area contributed by atoms with Crippen molar-refractivity contribution in [3.8, 4) is 0 Å². The fourth-order valence-corrected chi connectivity index (χ4v) is 2.91. The van der Waals surface area contributed by atoms with E-state index >= 15 is 0 Å². The van der Waals surface area contributed by atoms with Gasteiger partial charge in [-0.1, -0.05) is 0 Å². The molecule has 1 aliphatic heterocycles. The fourth-order valence-electron chi connectivity index (χ4n) is 2.13. The van der Waals surface area contributed by atoms with Gasteiger partial charge in [0.05, 0.1) is 11.7 Å². The lowest BCUT2D eigenvalue weighted by Gasteiger charge is -2.15. The molecule has 3 N–H and O–H groups in total. The highest BCUT2D eigenvalue weighted by atomic mass is 32.1. The van der Waals surface area contributed by atoms with Crippen LogP contribution in [0.25, 0.3) is 0 Å². The third-order valence-electron chi connectivity index (χ3n) is 3.10. The minimum atomic E-state index is -0.130. The first kappa shape index (κ1) is 14.0. The Morgan fingerprint density at radius 1 is 1.53 bits per heavy atom. The predicted octanol–water partition coefficient (Wildman–Crippen LogP) is 1.46. The Hall–Kier alpha value is -1.40. The minimum absolute atomic E-state index is 0.0770. The molecule has 19 heavy (non-hydrogen) atoms. The number of anilines is 1. The van der Waals surface area contributed by atoms with Gasteiger partial charge in [0.15, 0.2) is 0 Å². The fraction of sp³-hybridized carbons (Fsp3) is 0.538. The number of hydrogen-bond donors (Lipinski definition) is 3. The second-order valence-corrected chi connectivity index (χ2v) is 5.66. The lowest BCUT2D eigenvalue weighted by atomic mass is 10.1. The number of rotatable bonds is 4. The zero-order valence-corrected chi connectivity index (χ0v) is 11.8. The zero-order valence-electron chi connectivity index (χ0n) is 11.0. The van der Waals surface area contributed by atoms with Crippen LogP contribution in [-0.2, 0) is 16.1 Å². The molecule has 0 bridgehead atoms. The van der Waals surface area contributed by atoms with Gasteiger partial charge in [-0.2, -0.15) is 0 Å². The summed E-state index contributed by atoms with van der Waals surface area (Å²) in [7, 11) is 0. The van der Waals surface area contributed by atoms with Gasteiger partial charge in [-0.25, -0.2) is 0 Å². The summed E-state index contributed by atoms with van der Waals surface area (Å²) in [5, 5.41) is 10.9. The van der Waals surface area contributed by atoms with E-state index in [2.05, 4.69) is 16.0 Å². The topological polar surface area (TPSA) is 70.2 Å². The van der Waals surface area contributed by atoms with Crippen LogP contribution in [0, 0.1) is 0 Å². The molecule has 2 rings (SSSR count). The summed E-state index contributed by atoms with van der Waals surface area (Å²) in [6.07, 6.45) is 2.96. The largest absolute Gasteiger partial charge is 0.355 e. The lowest BCUT2D eigenvalue weighted by molar-refractivity contribution is -0.122. The van der Waals surface area contributed by atoms with Gasteiger partial charge in [0.2, 0.25) is 11.8 Å². The van der Waals surface area contributed by atoms with Crippen LogP contribution in [0.3, 0.4) is 0 Å². The first-order chi connectivity index (χ1) is 9.16. The van der Waals surface area contributed by atoms with E-state index in [1.54, 1.807) is 11.3 Å². The van der Waals surface area contributed by atoms with Crippen molar-refractivity contribution in [2.75, 3.05) is 11.9 Å². The Balaban J connectivity index is 1.92. The van der Waals surface area contributed by atoms with E-state index in [-0.39, 0.29) is 17.9 Å². The molecule has 1 atom stereocenters. The van der Waals surface area contributed by atoms with Gasteiger partial charge in [0.25, 0.3) is 0 Å². The molecule has 1 aromatic rings. The maximum atomic E-state index is 11.8. The summed E-state index contributed by atoms with van der Waals surface area (Å²) in [4.78, 5) is 23.9. The van der Waals surface area contributed by atoms with Gasteiger partial charge in [0, 0.05) is 24.9 Å². The molecule has 104 valence electrons. The van der Waals surface area contributed by atoms with Crippen LogP contribution in [0.2, 0.25) is 0 Å². The monoisotopic (exact) mass is 281 g/mol. The summed E-state index contributed by atoms with van der Waals surface area (Å²) in [5.74, 6) is 0.00185. The summed E-state index contributed by atoms with van der Waals surface area (Å²) in [5.41, 5.74) is 0.832. The Morgan fingerprint density at radius 2 is 2.37 bits per heavy atom. The van der Waals surface area contributed by atoms with E-state index in [4.69, 9.17) is 0 Å². The van der Waals surface area contributed by atoms with Crippen molar-refractivity contribution < 1.29 is 9.59 Å². The van der Waals surface area contributed by atoms with Gasteiger partial charge in [-0.15, -0.1) is 11.3 Å². The van der Waals surface area contributed by atoms with Crippen molar-refractivity contribution >= 4 is 28.8 Å². The summed E-state index contributed by atoms with van der Waals surface area (Å²) in [6.45, 7) is 2.87. The molecular weight excluding hydrogens is 262 g/mol. The van der Waals surface area contributed by atoms with Gasteiger partial charge in [0.1, 0.15) is 0 Å². The molecule has 0 saturated carbocycles. The van der Waals surface area contributed by atoms with Gasteiger partial charge in [-0.3, -0.25) is 9.59 Å². The molecule has 2 heterocycles. The minimum Gasteiger partial charge on any atom is -0.355 e. The molecule has 1 unspecified atom stereocenters. The molecular formula is C13H19N3O2S. The standard InChI is InChI=1S/C13H19N3O2S/c1-9(17)16-10-5-7-19-12(10)8-15-11-4-2-3-6-14-13(11)18/h5,7,11,15H,2-4,6,8H2,1H3,(H,14,18)(H,16,17). The highest BCUT2D eigenvalue weighted by Crippen LogP contribution is 2.22. The predicted molar refractivity (Wildman–Crippen MR) is 76.1 cm³/mol. The van der Waals surface area contributed by atoms with Crippen LogP contribution in [-0.4, -0.2) is 24.4 Å². The smallest absolute Gasteiger partial charge is 0.237 e. The average Bonchev–Trinajstić information content (AvgIpc) is 2.68. The lowest BCUT2D eigenvalue weighted by Crippen LogP contribution is -2.42. The van der Waals surface area contributed by atoms with E-state index in [1.807, 2.05) is 11.4 Å². The van der Waals surface area contributed by atoms with Gasteiger partial charge in [-0.05, 0) is 30.7 Å². The number of hydrogen-bond acceptors (Lipinski definition) is 4. The highest BCUT2D eigenvalue weighted by molar-refractivity contribution is 7.10. The highest BCUT2D eigenvalue weighted by Gasteiger charge is 2.20. The third kappa shape index (κ3) is 4.04. The Morgan fingerprint density at radius 3 is 3.16 bits per heavy atom. The maximum Gasteiger partial charge on any atom is 0.237 e. The zero-order chi connectivity index (χ0) is 13.7. The van der Waals surface area contributed by atoms with Crippen LogP contribution >= 0.6 is 11.3 Å². The normalized spacial score (nSPS) is 19.6. The number of nitrogens with one attached hydrogen (secondary N) is 3. The second kappa shape index (κ2) is 6.68. The van der Waals surface area contributed by atoms with Crippen LogP contribution < -0.4 is 16.0 Å². The molecule has 6 heteroatoms. The molecule has 1 saturated heterocycles. The molecule has 1 aliphatic rings. The molecule has 0 spiro atoms. The average molecular weight is 281 g/mol. The number of thiophene rings is 1. The number of carbonyl (C=O) groups is 2. The van der Waals surface area contributed by atoms with Crippen molar-refractivity contribution in [3.05, 3.63) is 16.3 Å². The number of carbonyl (C=O) groups excluding carboxylic acids is 2. The quantitative estimate of drug-likeness (QED) is 0.782. The van der Waals surface area contributed by atoms with Crippen LogP contribution in [0.15, 0.2) is 11.4 Å². The van der Waals surface area contributed by atoms with Crippen molar-refractivity contribution in [2.45, 2.75) is 38.8 Å². The van der Waals surface area contributed by atoms with Crippen molar-refractivity contribution in [1.82, 2.24) is 10.6 Å². The third-order valence-corrected chi connectivity index (χ3v) is 4.02. The molecule has 0 radical (unpaired) electrons. The Kier molecular flexibility index (Phi) is 4.93. The van der Waals surface area contributed by atoms with E-state index in [0.29, 0.717) is 6.54 Å². The van der Waals surface area contributed by atoms with Crippen LogP contribution in [0.4, 0.5) is 5.69 Å². The number of amides is 2. The van der Waals surface area contributed by atoms with Gasteiger partial charge < -0.3 is 16.0 Å². The van der Waals surface area contributed by atoms with Crippen LogP contribution in [0.1, 0.15) is 31.1 Å². The SMILES string of the molecule is CC(=O)Nc1ccsc1CNC1CCCCNC1=O. The van der Waals surface area contributed by atoms with E-state index in [0.717, 1.165) is 36.4 Å². The molecule has 2 amide bonds. The summed E-state index contributed by atoms with van der Waals surface area (Å²) >= 11 is 1.58. The van der Waals surface area contributed by atoms with E-state index < -0.39 is 0 Å². The molecule has 1 fully saturated rings. The van der Waals surface area contributed by atoms with Gasteiger partial charge >= 0.3 is 0 Å². The molecule has 0 aromatic carbocycles. The van der Waals surface area contributed by atoms with E-state index in [9.17, 15) is 9.59 Å². The second-order valence-electron chi connectivity index (χ2n) is 4.66. The summed E-state index contributed by atoms with van der Waals surface area (Å²) < 4.78 is 0. The van der Waals surface area contributed by atoms with Crippen molar-refractivity contribution in [1.29, 1.82) is 0 Å². The van der Waals surface area contributed by atoms with Crippen LogP contribution in [0.5, 0.6) is 0 Å². The van der Waals surface area contributed by atoms with Crippen molar-refractivity contribution in [3.63, 3.8) is 0 Å². The first-order valence-corrected chi connectivity index (χ1v) is 7.40. The molecule has 1 aromatic heterocycles. The maximum absolute atomic E-state index is 11.8. The molecule has 0 aliphatic carbocycles. The first-order valence-electron chi connectivity index (χ1n) is 6.52. The van der Waals surface area contributed by atoms with Crippen molar-refractivity contribution in [2.24, 2.45) is 0 Å². The Bertz CT molecular complexity index is 458.